The van der Waals surface area contributed by atoms with Gasteiger partial charge in [-0.05, 0) is 30.5 Å². The Morgan fingerprint density at radius 2 is 1.79 bits per heavy atom. The molecule has 0 spiro atoms. The molecule has 0 aliphatic carbocycles. The first-order valence-corrected chi connectivity index (χ1v) is 7.13. The zero-order valence-electron chi connectivity index (χ0n) is 10.6. The number of hydrogen-bond donors (Lipinski definition) is 1. The van der Waals surface area contributed by atoms with Gasteiger partial charge in [-0.1, -0.05) is 30.3 Å². The molecule has 0 heterocycles. The first kappa shape index (κ1) is 13.5. The normalized spacial score (nSPS) is 9.95. The largest absolute Gasteiger partial charge is 0.484 e. The van der Waals surface area contributed by atoms with E-state index in [-0.39, 0.29) is 12.5 Å². The fraction of sp³-hybridized carbons (Fsp3) is 0.133. The summed E-state index contributed by atoms with van der Waals surface area (Å²) < 4.78 is 5.39. The van der Waals surface area contributed by atoms with Crippen LogP contribution in [0.25, 0.3) is 0 Å². The molecule has 3 nitrogen and oxygen atoms in total. The van der Waals surface area contributed by atoms with E-state index in [1.807, 2.05) is 60.9 Å². The van der Waals surface area contributed by atoms with E-state index < -0.39 is 0 Å². The number of rotatable bonds is 5. The Balaban J connectivity index is 1.91. The predicted octanol–water partition coefficient (Wildman–Crippen LogP) is 3.43. The monoisotopic (exact) mass is 273 g/mol. The Labute approximate surface area is 117 Å². The molecule has 0 unspecified atom stereocenters. The minimum atomic E-state index is -0.162. The van der Waals surface area contributed by atoms with E-state index in [0.717, 1.165) is 10.6 Å². The van der Waals surface area contributed by atoms with Crippen LogP contribution in [0.4, 0.5) is 5.69 Å². The van der Waals surface area contributed by atoms with E-state index in [1.54, 1.807) is 11.8 Å². The van der Waals surface area contributed by atoms with Crippen LogP contribution < -0.4 is 10.1 Å². The first-order chi connectivity index (χ1) is 9.29. The third-order valence-electron chi connectivity index (χ3n) is 2.49. The Hall–Kier alpha value is -1.94. The lowest BCUT2D eigenvalue weighted by Crippen LogP contribution is -2.20. The summed E-state index contributed by atoms with van der Waals surface area (Å²) in [6.07, 6.45) is 1.98. The maximum Gasteiger partial charge on any atom is 0.262 e. The standard InChI is InChI=1S/C15H15NO2S/c1-19-14-10-6-5-9-13(14)16-15(17)11-18-12-7-3-2-4-8-12/h2-10H,11H2,1H3,(H,16,17). The molecule has 2 rings (SSSR count). The number of amides is 1. The zero-order chi connectivity index (χ0) is 13.5. The molecule has 98 valence electrons. The molecule has 0 aliphatic rings. The van der Waals surface area contributed by atoms with Gasteiger partial charge >= 0.3 is 0 Å². The van der Waals surface area contributed by atoms with Gasteiger partial charge in [-0.2, -0.15) is 0 Å². The minimum Gasteiger partial charge on any atom is -0.484 e. The molecule has 4 heteroatoms. The number of hydrogen-bond acceptors (Lipinski definition) is 3. The van der Waals surface area contributed by atoms with Crippen LogP contribution in [-0.2, 0) is 4.79 Å². The van der Waals surface area contributed by atoms with Gasteiger partial charge in [0.15, 0.2) is 6.61 Å². The molecule has 1 amide bonds. The number of para-hydroxylation sites is 2. The van der Waals surface area contributed by atoms with Crippen LogP contribution in [0.2, 0.25) is 0 Å². The highest BCUT2D eigenvalue weighted by Crippen LogP contribution is 2.24. The molecule has 1 N–H and O–H groups in total. The topological polar surface area (TPSA) is 38.3 Å². The van der Waals surface area contributed by atoms with Crippen molar-refractivity contribution in [2.24, 2.45) is 0 Å². The van der Waals surface area contributed by atoms with Crippen molar-refractivity contribution < 1.29 is 9.53 Å². The van der Waals surface area contributed by atoms with Gasteiger partial charge in [-0.3, -0.25) is 4.79 Å². The summed E-state index contributed by atoms with van der Waals surface area (Å²) in [5, 5.41) is 2.85. The second-order valence-corrected chi connectivity index (χ2v) is 4.70. The lowest BCUT2D eigenvalue weighted by Gasteiger charge is -2.10. The minimum absolute atomic E-state index is 0.00668. The van der Waals surface area contributed by atoms with Crippen molar-refractivity contribution >= 4 is 23.4 Å². The fourth-order valence-corrected chi connectivity index (χ4v) is 2.15. The van der Waals surface area contributed by atoms with E-state index in [4.69, 9.17) is 4.74 Å². The van der Waals surface area contributed by atoms with E-state index in [9.17, 15) is 4.79 Å². The van der Waals surface area contributed by atoms with Crippen molar-refractivity contribution in [3.8, 4) is 5.75 Å². The average molecular weight is 273 g/mol. The van der Waals surface area contributed by atoms with E-state index in [2.05, 4.69) is 5.32 Å². The Morgan fingerprint density at radius 3 is 2.53 bits per heavy atom. The van der Waals surface area contributed by atoms with Crippen LogP contribution in [0.3, 0.4) is 0 Å². The number of ether oxygens (including phenoxy) is 1. The highest BCUT2D eigenvalue weighted by Gasteiger charge is 2.06. The lowest BCUT2D eigenvalue weighted by atomic mass is 10.3. The second-order valence-electron chi connectivity index (χ2n) is 3.85. The van der Waals surface area contributed by atoms with Gasteiger partial charge in [0, 0.05) is 4.90 Å². The fourth-order valence-electron chi connectivity index (χ4n) is 1.60. The van der Waals surface area contributed by atoms with Crippen molar-refractivity contribution in [2.45, 2.75) is 4.90 Å². The molecule has 0 atom stereocenters. The molecular weight excluding hydrogens is 258 g/mol. The van der Waals surface area contributed by atoms with Crippen molar-refractivity contribution in [2.75, 3.05) is 18.2 Å². The number of benzene rings is 2. The Bertz CT molecular complexity index is 543. The summed E-state index contributed by atoms with van der Waals surface area (Å²) in [5.74, 6) is 0.529. The SMILES string of the molecule is CSc1ccccc1NC(=O)COc1ccccc1. The van der Waals surface area contributed by atoms with Crippen LogP contribution in [0.15, 0.2) is 59.5 Å². The molecule has 19 heavy (non-hydrogen) atoms. The average Bonchev–Trinajstić information content (AvgIpc) is 2.47. The van der Waals surface area contributed by atoms with Gasteiger partial charge < -0.3 is 10.1 Å². The summed E-state index contributed by atoms with van der Waals surface area (Å²) >= 11 is 1.60. The number of thioether (sulfide) groups is 1. The Kier molecular flexibility index (Phi) is 4.86. The Morgan fingerprint density at radius 1 is 1.11 bits per heavy atom. The number of nitrogens with one attached hydrogen (secondary N) is 1. The van der Waals surface area contributed by atoms with Crippen LogP contribution in [-0.4, -0.2) is 18.8 Å². The van der Waals surface area contributed by atoms with Crippen LogP contribution in [0.1, 0.15) is 0 Å². The summed E-state index contributed by atoms with van der Waals surface area (Å²) in [6, 6.07) is 17.0. The number of carbonyl (C=O) groups is 1. The predicted molar refractivity (Wildman–Crippen MR) is 78.8 cm³/mol. The summed E-state index contributed by atoms with van der Waals surface area (Å²) in [5.41, 5.74) is 0.816. The van der Waals surface area contributed by atoms with E-state index >= 15 is 0 Å². The van der Waals surface area contributed by atoms with Gasteiger partial charge in [0.1, 0.15) is 5.75 Å². The highest BCUT2D eigenvalue weighted by atomic mass is 32.2. The number of carbonyl (C=O) groups excluding carboxylic acids is 1. The molecule has 0 saturated carbocycles. The van der Waals surface area contributed by atoms with Gasteiger partial charge in [0.2, 0.25) is 0 Å². The summed E-state index contributed by atoms with van der Waals surface area (Å²) in [4.78, 5) is 12.8. The van der Waals surface area contributed by atoms with Gasteiger partial charge in [-0.15, -0.1) is 11.8 Å². The maximum atomic E-state index is 11.8. The molecule has 0 aliphatic heterocycles. The third kappa shape index (κ3) is 4.03. The molecule has 0 radical (unpaired) electrons. The molecule has 0 bridgehead atoms. The van der Waals surface area contributed by atoms with Crippen LogP contribution >= 0.6 is 11.8 Å². The summed E-state index contributed by atoms with van der Waals surface area (Å²) in [7, 11) is 0. The first-order valence-electron chi connectivity index (χ1n) is 5.90. The van der Waals surface area contributed by atoms with E-state index in [1.165, 1.54) is 0 Å². The molecular formula is C15H15NO2S. The zero-order valence-corrected chi connectivity index (χ0v) is 11.4. The molecule has 2 aromatic rings. The molecule has 0 fully saturated rings. The molecule has 2 aromatic carbocycles. The van der Waals surface area contributed by atoms with Crippen molar-refractivity contribution in [3.63, 3.8) is 0 Å². The van der Waals surface area contributed by atoms with Gasteiger partial charge in [-0.25, -0.2) is 0 Å². The number of anilines is 1. The quantitative estimate of drug-likeness (QED) is 0.848. The maximum absolute atomic E-state index is 11.8. The van der Waals surface area contributed by atoms with E-state index in [0.29, 0.717) is 5.75 Å². The van der Waals surface area contributed by atoms with Crippen molar-refractivity contribution in [1.82, 2.24) is 0 Å². The van der Waals surface area contributed by atoms with Gasteiger partial charge in [0.25, 0.3) is 5.91 Å². The lowest BCUT2D eigenvalue weighted by molar-refractivity contribution is -0.118. The highest BCUT2D eigenvalue weighted by molar-refractivity contribution is 7.98. The smallest absolute Gasteiger partial charge is 0.262 e. The second kappa shape index (κ2) is 6.85. The van der Waals surface area contributed by atoms with Crippen molar-refractivity contribution in [1.29, 1.82) is 0 Å². The summed E-state index contributed by atoms with van der Waals surface area (Å²) in [6.45, 7) is 0.00668. The van der Waals surface area contributed by atoms with Crippen LogP contribution in [0, 0.1) is 0 Å². The third-order valence-corrected chi connectivity index (χ3v) is 3.29. The van der Waals surface area contributed by atoms with Gasteiger partial charge in [0.05, 0.1) is 5.69 Å². The molecule has 0 aromatic heterocycles. The van der Waals surface area contributed by atoms with Crippen molar-refractivity contribution in [3.05, 3.63) is 54.6 Å². The van der Waals surface area contributed by atoms with Crippen LogP contribution in [0.5, 0.6) is 5.75 Å². The molecule has 0 saturated heterocycles.